The van der Waals surface area contributed by atoms with Gasteiger partial charge in [0.15, 0.2) is 6.61 Å². The summed E-state index contributed by atoms with van der Waals surface area (Å²) in [5.74, 6) is 1.19. The second kappa shape index (κ2) is 10.7. The molecule has 0 heterocycles. The summed E-state index contributed by atoms with van der Waals surface area (Å²) in [5, 5.41) is 6.67. The molecule has 28 heavy (non-hydrogen) atoms. The first-order valence-electron chi connectivity index (χ1n) is 8.95. The highest BCUT2D eigenvalue weighted by molar-refractivity contribution is 5.92. The van der Waals surface area contributed by atoms with E-state index in [0.717, 1.165) is 11.3 Å². The van der Waals surface area contributed by atoms with Gasteiger partial charge >= 0.3 is 0 Å². The molecule has 0 saturated carbocycles. The number of hydrogen-bond acceptors (Lipinski definition) is 5. The highest BCUT2D eigenvalue weighted by Crippen LogP contribution is 2.15. The Hall–Kier alpha value is -3.35. The number of nitrogens with one attached hydrogen (secondary N) is 2. The van der Waals surface area contributed by atoms with Crippen molar-refractivity contribution in [3.8, 4) is 11.5 Å². The molecule has 0 spiro atoms. The van der Waals surface area contributed by atoms with Crippen LogP contribution in [0.3, 0.4) is 0 Å². The van der Waals surface area contributed by atoms with Gasteiger partial charge in [-0.3, -0.25) is 9.59 Å². The number of hydrogen-bond donors (Lipinski definition) is 2. The number of ether oxygens (including phenoxy) is 2. The standard InChI is InChI=1S/C21H25N3O4/c1-15(2)12-20(25)24-22-13-16-4-8-19(9-5-16)28-14-21(26)23-17-6-10-18(27-3)11-7-17/h4-11,13,15H,12,14H2,1-3H3,(H,23,26)(H,24,25)/b22-13-. The Morgan fingerprint density at radius 2 is 1.64 bits per heavy atom. The van der Waals surface area contributed by atoms with E-state index < -0.39 is 0 Å². The number of amides is 2. The molecule has 148 valence electrons. The normalized spacial score (nSPS) is 10.7. The number of nitrogens with zero attached hydrogens (tertiary/aromatic N) is 1. The van der Waals surface area contributed by atoms with Crippen LogP contribution >= 0.6 is 0 Å². The number of rotatable bonds is 9. The van der Waals surface area contributed by atoms with Crippen LogP contribution in [0, 0.1) is 5.92 Å². The van der Waals surface area contributed by atoms with E-state index in [1.165, 1.54) is 0 Å². The fraction of sp³-hybridized carbons (Fsp3) is 0.286. The summed E-state index contributed by atoms with van der Waals surface area (Å²) >= 11 is 0. The van der Waals surface area contributed by atoms with E-state index in [-0.39, 0.29) is 24.3 Å². The van der Waals surface area contributed by atoms with Crippen molar-refractivity contribution in [3.63, 3.8) is 0 Å². The molecule has 0 aliphatic rings. The van der Waals surface area contributed by atoms with E-state index in [0.29, 0.717) is 17.9 Å². The Labute approximate surface area is 164 Å². The first-order chi connectivity index (χ1) is 13.5. The van der Waals surface area contributed by atoms with Gasteiger partial charge in [-0.05, 0) is 60.0 Å². The lowest BCUT2D eigenvalue weighted by Gasteiger charge is -2.08. The van der Waals surface area contributed by atoms with Crippen LogP contribution in [0.15, 0.2) is 53.6 Å². The second-order valence-electron chi connectivity index (χ2n) is 6.53. The first kappa shape index (κ1) is 21.0. The van der Waals surface area contributed by atoms with Crippen LogP contribution in [0.25, 0.3) is 0 Å². The zero-order valence-corrected chi connectivity index (χ0v) is 16.3. The van der Waals surface area contributed by atoms with E-state index in [1.54, 1.807) is 61.9 Å². The Balaban J connectivity index is 1.77. The van der Waals surface area contributed by atoms with Crippen molar-refractivity contribution in [2.75, 3.05) is 19.0 Å². The molecule has 0 atom stereocenters. The molecule has 0 aliphatic carbocycles. The number of benzene rings is 2. The molecule has 0 bridgehead atoms. The van der Waals surface area contributed by atoms with Crippen LogP contribution in [0.1, 0.15) is 25.8 Å². The van der Waals surface area contributed by atoms with Gasteiger partial charge in [-0.25, -0.2) is 5.43 Å². The third-order valence-electron chi connectivity index (χ3n) is 3.62. The molecule has 7 nitrogen and oxygen atoms in total. The van der Waals surface area contributed by atoms with Gasteiger partial charge in [0, 0.05) is 12.1 Å². The van der Waals surface area contributed by atoms with Crippen LogP contribution in [0.4, 0.5) is 5.69 Å². The molecule has 2 N–H and O–H groups in total. The van der Waals surface area contributed by atoms with E-state index in [1.807, 2.05) is 13.8 Å². The lowest BCUT2D eigenvalue weighted by atomic mass is 10.1. The van der Waals surface area contributed by atoms with E-state index in [9.17, 15) is 9.59 Å². The van der Waals surface area contributed by atoms with Crippen LogP contribution in [0.2, 0.25) is 0 Å². The van der Waals surface area contributed by atoms with E-state index in [4.69, 9.17) is 9.47 Å². The first-order valence-corrected chi connectivity index (χ1v) is 8.95. The monoisotopic (exact) mass is 383 g/mol. The summed E-state index contributed by atoms with van der Waals surface area (Å²) in [5.41, 5.74) is 3.96. The second-order valence-corrected chi connectivity index (χ2v) is 6.53. The van der Waals surface area contributed by atoms with Crippen LogP contribution in [0.5, 0.6) is 11.5 Å². The van der Waals surface area contributed by atoms with Gasteiger partial charge in [0.25, 0.3) is 5.91 Å². The predicted molar refractivity (Wildman–Crippen MR) is 109 cm³/mol. The molecule has 0 aromatic heterocycles. The zero-order chi connectivity index (χ0) is 20.4. The van der Waals surface area contributed by atoms with Gasteiger partial charge in [-0.1, -0.05) is 13.8 Å². The quantitative estimate of drug-likeness (QED) is 0.514. The Morgan fingerprint density at radius 3 is 2.25 bits per heavy atom. The smallest absolute Gasteiger partial charge is 0.262 e. The number of methoxy groups -OCH3 is 1. The number of carbonyl (C=O) groups excluding carboxylic acids is 2. The minimum atomic E-state index is -0.260. The van der Waals surface area contributed by atoms with E-state index in [2.05, 4.69) is 15.8 Å². The van der Waals surface area contributed by atoms with Crippen molar-refractivity contribution in [2.24, 2.45) is 11.0 Å². The van der Waals surface area contributed by atoms with Crippen molar-refractivity contribution in [1.29, 1.82) is 0 Å². The van der Waals surface area contributed by atoms with Crippen molar-refractivity contribution in [3.05, 3.63) is 54.1 Å². The summed E-state index contributed by atoms with van der Waals surface area (Å²) in [6.07, 6.45) is 1.99. The molecule has 2 aromatic rings. The molecule has 0 radical (unpaired) electrons. The average Bonchev–Trinajstić information content (AvgIpc) is 2.67. The molecule has 2 amide bonds. The largest absolute Gasteiger partial charge is 0.497 e. The lowest BCUT2D eigenvalue weighted by Crippen LogP contribution is -2.20. The van der Waals surface area contributed by atoms with E-state index >= 15 is 0 Å². The maximum atomic E-state index is 12.0. The number of carbonyl (C=O) groups is 2. The highest BCUT2D eigenvalue weighted by atomic mass is 16.5. The Morgan fingerprint density at radius 1 is 1.00 bits per heavy atom. The van der Waals surface area contributed by atoms with Gasteiger partial charge in [0.1, 0.15) is 11.5 Å². The molecule has 0 fully saturated rings. The minimum Gasteiger partial charge on any atom is -0.497 e. The van der Waals surface area contributed by atoms with Gasteiger partial charge < -0.3 is 14.8 Å². The van der Waals surface area contributed by atoms with Gasteiger partial charge in [-0.2, -0.15) is 5.10 Å². The molecule has 0 unspecified atom stereocenters. The number of hydrazone groups is 1. The summed E-state index contributed by atoms with van der Waals surface area (Å²) in [6.45, 7) is 3.84. The third-order valence-corrected chi connectivity index (χ3v) is 3.62. The fourth-order valence-electron chi connectivity index (χ4n) is 2.27. The van der Waals surface area contributed by atoms with Crippen molar-refractivity contribution in [1.82, 2.24) is 5.43 Å². The lowest BCUT2D eigenvalue weighted by molar-refractivity contribution is -0.121. The van der Waals surface area contributed by atoms with Gasteiger partial charge in [-0.15, -0.1) is 0 Å². The molecular weight excluding hydrogens is 358 g/mol. The highest BCUT2D eigenvalue weighted by Gasteiger charge is 2.05. The minimum absolute atomic E-state index is 0.106. The summed E-state index contributed by atoms with van der Waals surface area (Å²) < 4.78 is 10.5. The molecule has 2 rings (SSSR count). The maximum Gasteiger partial charge on any atom is 0.262 e. The molecule has 7 heteroatoms. The van der Waals surface area contributed by atoms with Crippen LogP contribution < -0.4 is 20.2 Å². The van der Waals surface area contributed by atoms with Crippen molar-refractivity contribution in [2.45, 2.75) is 20.3 Å². The predicted octanol–water partition coefficient (Wildman–Crippen LogP) is 3.21. The van der Waals surface area contributed by atoms with Crippen molar-refractivity contribution >= 4 is 23.7 Å². The fourth-order valence-corrected chi connectivity index (χ4v) is 2.27. The molecule has 2 aromatic carbocycles. The maximum absolute atomic E-state index is 12.0. The third kappa shape index (κ3) is 7.49. The topological polar surface area (TPSA) is 89.0 Å². The summed E-state index contributed by atoms with van der Waals surface area (Å²) in [7, 11) is 1.58. The summed E-state index contributed by atoms with van der Waals surface area (Å²) in [4.78, 5) is 23.5. The van der Waals surface area contributed by atoms with Crippen LogP contribution in [-0.2, 0) is 9.59 Å². The molecular formula is C21H25N3O4. The SMILES string of the molecule is COc1ccc(NC(=O)COc2ccc(/C=N\NC(=O)CC(C)C)cc2)cc1. The summed E-state index contributed by atoms with van der Waals surface area (Å²) in [6, 6.07) is 14.1. The Kier molecular flexibility index (Phi) is 8.02. The number of anilines is 1. The van der Waals surface area contributed by atoms with Gasteiger partial charge in [0.05, 0.1) is 13.3 Å². The average molecular weight is 383 g/mol. The van der Waals surface area contributed by atoms with Gasteiger partial charge in [0.2, 0.25) is 5.91 Å². The Bertz CT molecular complexity index is 799. The molecule has 0 aliphatic heterocycles. The molecule has 0 saturated heterocycles. The van der Waals surface area contributed by atoms with Crippen molar-refractivity contribution < 1.29 is 19.1 Å². The zero-order valence-electron chi connectivity index (χ0n) is 16.3. The van der Waals surface area contributed by atoms with Crippen LogP contribution in [-0.4, -0.2) is 31.7 Å².